The number of rotatable bonds is 3. The van der Waals surface area contributed by atoms with Crippen LogP contribution in [-0.2, 0) is 6.54 Å². The number of halogens is 1. The van der Waals surface area contributed by atoms with Crippen LogP contribution in [0.4, 0.5) is 0 Å². The molecule has 1 saturated carbocycles. The molecule has 3 rings (SSSR count). The van der Waals surface area contributed by atoms with Crippen molar-refractivity contribution in [1.82, 2.24) is 5.32 Å². The van der Waals surface area contributed by atoms with Gasteiger partial charge in [0.1, 0.15) is 5.58 Å². The Hall–Kier alpha value is -0.800. The maximum atomic E-state index is 5.54. The Morgan fingerprint density at radius 1 is 1.38 bits per heavy atom. The van der Waals surface area contributed by atoms with Crippen LogP contribution in [0, 0.1) is 0 Å². The molecule has 1 aromatic heterocycles. The summed E-state index contributed by atoms with van der Waals surface area (Å²) in [5.41, 5.74) is 2.22. The lowest BCUT2D eigenvalue weighted by atomic mass is 9.93. The molecule has 1 N–H and O–H groups in total. The third-order valence-electron chi connectivity index (χ3n) is 3.30. The molecule has 0 saturated heterocycles. The molecular formula is C13H14BrNO. The third kappa shape index (κ3) is 1.89. The molecule has 0 unspecified atom stereocenters. The highest BCUT2D eigenvalue weighted by Crippen LogP contribution is 2.25. The maximum Gasteiger partial charge on any atom is 0.135 e. The standard InChI is InChI=1S/C13H14BrNO/c14-10-4-5-12-9(8-16-13(12)6-10)7-15-11-2-1-3-11/h4-6,8,11,15H,1-3,7H2. The van der Waals surface area contributed by atoms with Crippen LogP contribution in [0.25, 0.3) is 11.0 Å². The van der Waals surface area contributed by atoms with E-state index in [1.54, 1.807) is 0 Å². The fraction of sp³-hybridized carbons (Fsp3) is 0.385. The zero-order valence-corrected chi connectivity index (χ0v) is 10.6. The van der Waals surface area contributed by atoms with E-state index in [1.165, 1.54) is 30.2 Å². The molecule has 1 aromatic carbocycles. The van der Waals surface area contributed by atoms with Gasteiger partial charge < -0.3 is 9.73 Å². The van der Waals surface area contributed by atoms with Gasteiger partial charge in [0.15, 0.2) is 0 Å². The number of nitrogens with one attached hydrogen (secondary N) is 1. The molecule has 0 bridgehead atoms. The lowest BCUT2D eigenvalue weighted by molar-refractivity contribution is 0.338. The van der Waals surface area contributed by atoms with Gasteiger partial charge in [-0.1, -0.05) is 22.4 Å². The summed E-state index contributed by atoms with van der Waals surface area (Å²) in [6.45, 7) is 0.916. The normalized spacial score (nSPS) is 16.6. The van der Waals surface area contributed by atoms with Crippen LogP contribution in [0.15, 0.2) is 33.4 Å². The largest absolute Gasteiger partial charge is 0.464 e. The average Bonchev–Trinajstić information content (AvgIpc) is 2.58. The van der Waals surface area contributed by atoms with Crippen molar-refractivity contribution in [2.75, 3.05) is 0 Å². The number of benzene rings is 1. The van der Waals surface area contributed by atoms with Crippen LogP contribution in [-0.4, -0.2) is 6.04 Å². The lowest BCUT2D eigenvalue weighted by Crippen LogP contribution is -2.34. The van der Waals surface area contributed by atoms with Gasteiger partial charge >= 0.3 is 0 Å². The van der Waals surface area contributed by atoms with Crippen molar-refractivity contribution in [3.05, 3.63) is 34.5 Å². The van der Waals surface area contributed by atoms with E-state index in [-0.39, 0.29) is 0 Å². The quantitative estimate of drug-likeness (QED) is 0.924. The average molecular weight is 280 g/mol. The molecule has 0 spiro atoms. The van der Waals surface area contributed by atoms with Crippen LogP contribution in [0.5, 0.6) is 0 Å². The second-order valence-electron chi connectivity index (χ2n) is 4.41. The Morgan fingerprint density at radius 2 is 2.25 bits per heavy atom. The predicted molar refractivity (Wildman–Crippen MR) is 68.4 cm³/mol. The van der Waals surface area contributed by atoms with Crippen molar-refractivity contribution in [2.24, 2.45) is 0 Å². The van der Waals surface area contributed by atoms with Gasteiger partial charge in [0, 0.05) is 28.0 Å². The summed E-state index contributed by atoms with van der Waals surface area (Å²) in [5, 5.41) is 4.77. The Morgan fingerprint density at radius 3 is 3.00 bits per heavy atom. The van der Waals surface area contributed by atoms with E-state index in [1.807, 2.05) is 12.3 Å². The highest BCUT2D eigenvalue weighted by atomic mass is 79.9. The van der Waals surface area contributed by atoms with Gasteiger partial charge in [-0.15, -0.1) is 0 Å². The molecule has 1 fully saturated rings. The summed E-state index contributed by atoms with van der Waals surface area (Å²) in [6, 6.07) is 6.91. The second kappa shape index (κ2) is 4.22. The molecule has 1 aliphatic rings. The van der Waals surface area contributed by atoms with Crippen LogP contribution in [0.2, 0.25) is 0 Å². The highest BCUT2D eigenvalue weighted by molar-refractivity contribution is 9.10. The fourth-order valence-electron chi connectivity index (χ4n) is 2.06. The van der Waals surface area contributed by atoms with Gasteiger partial charge in [-0.25, -0.2) is 0 Å². The molecular weight excluding hydrogens is 266 g/mol. The Bertz CT molecular complexity index is 502. The Labute approximate surface area is 103 Å². The monoisotopic (exact) mass is 279 g/mol. The first-order valence-corrected chi connectivity index (χ1v) is 6.51. The SMILES string of the molecule is Brc1ccc2c(CNC3CCC3)coc2c1. The summed E-state index contributed by atoms with van der Waals surface area (Å²) in [5.74, 6) is 0. The third-order valence-corrected chi connectivity index (χ3v) is 3.80. The molecule has 1 aliphatic carbocycles. The molecule has 0 amide bonds. The number of hydrogen-bond acceptors (Lipinski definition) is 2. The van der Waals surface area contributed by atoms with Crippen LogP contribution >= 0.6 is 15.9 Å². The van der Waals surface area contributed by atoms with Gasteiger partial charge in [-0.05, 0) is 31.0 Å². The topological polar surface area (TPSA) is 25.2 Å². The van der Waals surface area contributed by atoms with Crippen LogP contribution in [0.1, 0.15) is 24.8 Å². The van der Waals surface area contributed by atoms with E-state index < -0.39 is 0 Å². The summed E-state index contributed by atoms with van der Waals surface area (Å²) in [4.78, 5) is 0. The van der Waals surface area contributed by atoms with E-state index in [0.717, 1.165) is 22.6 Å². The minimum atomic E-state index is 0.723. The van der Waals surface area contributed by atoms with Crippen molar-refractivity contribution < 1.29 is 4.42 Å². The summed E-state index contributed by atoms with van der Waals surface area (Å²) >= 11 is 3.45. The van der Waals surface area contributed by atoms with E-state index in [9.17, 15) is 0 Å². The minimum absolute atomic E-state index is 0.723. The number of furan rings is 1. The van der Waals surface area contributed by atoms with E-state index in [2.05, 4.69) is 33.4 Å². The summed E-state index contributed by atoms with van der Waals surface area (Å²) < 4.78 is 6.61. The minimum Gasteiger partial charge on any atom is -0.464 e. The van der Waals surface area contributed by atoms with E-state index in [0.29, 0.717) is 0 Å². The first-order chi connectivity index (χ1) is 7.83. The van der Waals surface area contributed by atoms with Crippen molar-refractivity contribution in [3.8, 4) is 0 Å². The smallest absolute Gasteiger partial charge is 0.135 e. The van der Waals surface area contributed by atoms with Gasteiger partial charge in [-0.3, -0.25) is 0 Å². The molecule has 84 valence electrons. The van der Waals surface area contributed by atoms with Gasteiger partial charge in [0.25, 0.3) is 0 Å². The van der Waals surface area contributed by atoms with Crippen LogP contribution in [0.3, 0.4) is 0 Å². The molecule has 2 aromatic rings. The second-order valence-corrected chi connectivity index (χ2v) is 5.33. The predicted octanol–water partition coefficient (Wildman–Crippen LogP) is 3.84. The van der Waals surface area contributed by atoms with Crippen molar-refractivity contribution in [2.45, 2.75) is 31.8 Å². The molecule has 0 atom stereocenters. The van der Waals surface area contributed by atoms with E-state index in [4.69, 9.17) is 4.42 Å². The first-order valence-electron chi connectivity index (χ1n) is 5.72. The molecule has 0 radical (unpaired) electrons. The van der Waals surface area contributed by atoms with Gasteiger partial charge in [-0.2, -0.15) is 0 Å². The van der Waals surface area contributed by atoms with Crippen molar-refractivity contribution in [1.29, 1.82) is 0 Å². The molecule has 2 nitrogen and oxygen atoms in total. The molecule has 1 heterocycles. The number of hydrogen-bond donors (Lipinski definition) is 1. The van der Waals surface area contributed by atoms with Crippen molar-refractivity contribution >= 4 is 26.9 Å². The zero-order chi connectivity index (χ0) is 11.0. The molecule has 16 heavy (non-hydrogen) atoms. The first kappa shape index (κ1) is 10.4. The highest BCUT2D eigenvalue weighted by Gasteiger charge is 2.17. The van der Waals surface area contributed by atoms with Gasteiger partial charge in [0.05, 0.1) is 6.26 Å². The lowest BCUT2D eigenvalue weighted by Gasteiger charge is -2.26. The van der Waals surface area contributed by atoms with Gasteiger partial charge in [0.2, 0.25) is 0 Å². The van der Waals surface area contributed by atoms with E-state index >= 15 is 0 Å². The number of fused-ring (bicyclic) bond motifs is 1. The Kier molecular flexibility index (Phi) is 2.74. The van der Waals surface area contributed by atoms with Crippen LogP contribution < -0.4 is 5.32 Å². The van der Waals surface area contributed by atoms with Crippen molar-refractivity contribution in [3.63, 3.8) is 0 Å². The maximum absolute atomic E-state index is 5.54. The zero-order valence-electron chi connectivity index (χ0n) is 9.00. The fourth-order valence-corrected chi connectivity index (χ4v) is 2.40. The Balaban J connectivity index is 1.80. The summed E-state index contributed by atoms with van der Waals surface area (Å²) in [7, 11) is 0. The molecule has 3 heteroatoms. The summed E-state index contributed by atoms with van der Waals surface area (Å²) in [6.07, 6.45) is 5.88. The molecule has 0 aliphatic heterocycles.